The first-order valence-electron chi connectivity index (χ1n) is 11.7. The second-order valence-corrected chi connectivity index (χ2v) is 8.94. The van der Waals surface area contributed by atoms with E-state index in [0.717, 1.165) is 54.9 Å². The van der Waals surface area contributed by atoms with Gasteiger partial charge in [-0.15, -0.1) is 0 Å². The van der Waals surface area contributed by atoms with E-state index in [0.29, 0.717) is 5.92 Å². The van der Waals surface area contributed by atoms with Gasteiger partial charge in [-0.25, -0.2) is 0 Å². The van der Waals surface area contributed by atoms with Crippen molar-refractivity contribution < 1.29 is 9.90 Å². The molecule has 4 nitrogen and oxygen atoms in total. The highest BCUT2D eigenvalue weighted by atomic mass is 16.3. The lowest BCUT2D eigenvalue weighted by atomic mass is 9.98. The van der Waals surface area contributed by atoms with Crippen LogP contribution in [0.5, 0.6) is 0 Å². The zero-order valence-corrected chi connectivity index (χ0v) is 19.2. The van der Waals surface area contributed by atoms with Crippen molar-refractivity contribution in [1.82, 2.24) is 4.90 Å². The molecule has 1 amide bonds. The van der Waals surface area contributed by atoms with Crippen molar-refractivity contribution in [2.75, 3.05) is 25.0 Å². The van der Waals surface area contributed by atoms with Gasteiger partial charge in [0.15, 0.2) is 0 Å². The number of nitrogens with one attached hydrogen (secondary N) is 1. The van der Waals surface area contributed by atoms with E-state index < -0.39 is 0 Å². The van der Waals surface area contributed by atoms with Crippen LogP contribution >= 0.6 is 0 Å². The number of benzene rings is 3. The summed E-state index contributed by atoms with van der Waals surface area (Å²) >= 11 is 0. The highest BCUT2D eigenvalue weighted by molar-refractivity contribution is 6.02. The van der Waals surface area contributed by atoms with E-state index >= 15 is 0 Å². The summed E-state index contributed by atoms with van der Waals surface area (Å²) in [6, 6.07) is 24.6. The Balaban J connectivity index is 1.32. The van der Waals surface area contributed by atoms with E-state index in [9.17, 15) is 9.90 Å². The van der Waals surface area contributed by atoms with Gasteiger partial charge < -0.3 is 10.4 Å². The fraction of sp³-hybridized carbons (Fsp3) is 0.276. The highest BCUT2D eigenvalue weighted by Crippen LogP contribution is 2.22. The maximum atomic E-state index is 12.4. The van der Waals surface area contributed by atoms with Gasteiger partial charge >= 0.3 is 0 Å². The molecule has 0 spiro atoms. The largest absolute Gasteiger partial charge is 0.396 e. The molecule has 0 radical (unpaired) electrons. The Labute approximate surface area is 196 Å². The number of aliphatic hydroxyl groups excluding tert-OH is 1. The van der Waals surface area contributed by atoms with E-state index in [1.807, 2.05) is 30.3 Å². The van der Waals surface area contributed by atoms with E-state index in [1.165, 1.54) is 11.1 Å². The number of carbonyl (C=O) groups excluding carboxylic acids is 1. The summed E-state index contributed by atoms with van der Waals surface area (Å²) < 4.78 is 0. The van der Waals surface area contributed by atoms with Crippen LogP contribution in [0, 0.1) is 12.8 Å². The number of piperidine rings is 1. The first-order chi connectivity index (χ1) is 16.1. The lowest BCUT2D eigenvalue weighted by molar-refractivity contribution is -0.111. The van der Waals surface area contributed by atoms with Crippen LogP contribution in [-0.2, 0) is 11.3 Å². The molecule has 1 fully saturated rings. The predicted molar refractivity (Wildman–Crippen MR) is 136 cm³/mol. The van der Waals surface area contributed by atoms with E-state index in [-0.39, 0.29) is 12.5 Å². The molecule has 0 bridgehead atoms. The maximum Gasteiger partial charge on any atom is 0.248 e. The zero-order chi connectivity index (χ0) is 23.0. The molecule has 1 unspecified atom stereocenters. The molecule has 4 rings (SSSR count). The monoisotopic (exact) mass is 440 g/mol. The lowest BCUT2D eigenvalue weighted by Gasteiger charge is -2.31. The van der Waals surface area contributed by atoms with Gasteiger partial charge in [-0.3, -0.25) is 9.69 Å². The predicted octanol–water partition coefficient (Wildman–Crippen LogP) is 5.52. The van der Waals surface area contributed by atoms with Crippen molar-refractivity contribution in [2.45, 2.75) is 26.3 Å². The summed E-state index contributed by atoms with van der Waals surface area (Å²) in [4.78, 5) is 14.8. The SMILES string of the molecule is Cc1ccc(-c2cccc(C=CC(=O)Nc3ccc(CN4CCCC(CO)C4)cc3)c2)cc1. The van der Waals surface area contributed by atoms with Crippen LogP contribution in [-0.4, -0.2) is 35.6 Å². The van der Waals surface area contributed by atoms with Gasteiger partial charge in [0, 0.05) is 31.5 Å². The molecule has 170 valence electrons. The summed E-state index contributed by atoms with van der Waals surface area (Å²) in [5.41, 5.74) is 6.52. The minimum absolute atomic E-state index is 0.148. The highest BCUT2D eigenvalue weighted by Gasteiger charge is 2.19. The first-order valence-corrected chi connectivity index (χ1v) is 11.7. The van der Waals surface area contributed by atoms with Gasteiger partial charge in [-0.1, -0.05) is 60.2 Å². The lowest BCUT2D eigenvalue weighted by Crippen LogP contribution is -2.36. The molecular formula is C29H32N2O2. The quantitative estimate of drug-likeness (QED) is 0.476. The molecule has 33 heavy (non-hydrogen) atoms. The summed E-state index contributed by atoms with van der Waals surface area (Å²) in [5.74, 6) is 0.243. The molecule has 4 heteroatoms. The molecule has 3 aromatic carbocycles. The molecule has 3 aromatic rings. The molecule has 1 aliphatic heterocycles. The van der Waals surface area contributed by atoms with Crippen LogP contribution < -0.4 is 5.32 Å². The summed E-state index contributed by atoms with van der Waals surface area (Å²) in [6.07, 6.45) is 5.67. The Morgan fingerprint density at radius 3 is 2.61 bits per heavy atom. The average Bonchev–Trinajstić information content (AvgIpc) is 2.85. The molecule has 1 saturated heterocycles. The Morgan fingerprint density at radius 1 is 1.06 bits per heavy atom. The van der Waals surface area contributed by atoms with Gasteiger partial charge in [-0.05, 0) is 78.8 Å². The van der Waals surface area contributed by atoms with Crippen LogP contribution in [0.15, 0.2) is 78.9 Å². The minimum Gasteiger partial charge on any atom is -0.396 e. The number of nitrogens with zero attached hydrogens (tertiary/aromatic N) is 1. The number of anilines is 1. The second-order valence-electron chi connectivity index (χ2n) is 8.94. The average molecular weight is 441 g/mol. The van der Waals surface area contributed by atoms with Crippen molar-refractivity contribution in [3.8, 4) is 11.1 Å². The third-order valence-electron chi connectivity index (χ3n) is 6.19. The van der Waals surface area contributed by atoms with E-state index in [2.05, 4.69) is 65.7 Å². The third kappa shape index (κ3) is 6.64. The van der Waals surface area contributed by atoms with Crippen molar-refractivity contribution >= 4 is 17.7 Å². The Bertz CT molecular complexity index is 1090. The zero-order valence-electron chi connectivity index (χ0n) is 19.2. The number of aliphatic hydroxyl groups is 1. The number of aryl methyl sites for hydroxylation is 1. The van der Waals surface area contributed by atoms with Gasteiger partial charge in [-0.2, -0.15) is 0 Å². The molecule has 0 aliphatic carbocycles. The maximum absolute atomic E-state index is 12.4. The van der Waals surface area contributed by atoms with Crippen molar-refractivity contribution in [3.63, 3.8) is 0 Å². The number of amides is 1. The van der Waals surface area contributed by atoms with Crippen molar-refractivity contribution in [3.05, 3.63) is 95.6 Å². The van der Waals surface area contributed by atoms with Gasteiger partial charge in [0.2, 0.25) is 5.91 Å². The van der Waals surface area contributed by atoms with Gasteiger partial charge in [0.05, 0.1) is 0 Å². The van der Waals surface area contributed by atoms with Crippen LogP contribution in [0.25, 0.3) is 17.2 Å². The fourth-order valence-corrected chi connectivity index (χ4v) is 4.32. The standard InChI is InChI=1S/C29H32N2O2/c1-22-7-12-26(13-8-22)27-6-2-4-23(18-27)11-16-29(33)30-28-14-9-24(10-15-28)19-31-17-3-5-25(20-31)21-32/h2,4,6-16,18,25,32H,3,5,17,19-21H2,1H3,(H,30,33). The fourth-order valence-electron chi connectivity index (χ4n) is 4.32. The number of rotatable bonds is 7. The Morgan fingerprint density at radius 2 is 1.85 bits per heavy atom. The van der Waals surface area contributed by atoms with E-state index in [1.54, 1.807) is 6.08 Å². The van der Waals surface area contributed by atoms with Crippen LogP contribution in [0.2, 0.25) is 0 Å². The number of likely N-dealkylation sites (tertiary alicyclic amines) is 1. The van der Waals surface area contributed by atoms with Gasteiger partial charge in [0.1, 0.15) is 0 Å². The Hall–Kier alpha value is -3.21. The molecule has 1 heterocycles. The summed E-state index contributed by atoms with van der Waals surface area (Å²) in [5, 5.41) is 12.4. The van der Waals surface area contributed by atoms with Crippen LogP contribution in [0.1, 0.15) is 29.5 Å². The third-order valence-corrected chi connectivity index (χ3v) is 6.19. The van der Waals surface area contributed by atoms with Crippen molar-refractivity contribution in [1.29, 1.82) is 0 Å². The molecule has 1 aliphatic rings. The Kier molecular flexibility index (Phi) is 7.71. The molecule has 0 aromatic heterocycles. The number of carbonyl (C=O) groups is 1. The second kappa shape index (κ2) is 11.1. The van der Waals surface area contributed by atoms with E-state index in [4.69, 9.17) is 0 Å². The summed E-state index contributed by atoms with van der Waals surface area (Å²) in [7, 11) is 0. The van der Waals surface area contributed by atoms with Crippen LogP contribution in [0.3, 0.4) is 0 Å². The summed E-state index contributed by atoms with van der Waals surface area (Å²) in [6.45, 7) is 5.25. The van der Waals surface area contributed by atoms with Crippen molar-refractivity contribution in [2.24, 2.45) is 5.92 Å². The van der Waals surface area contributed by atoms with Crippen LogP contribution in [0.4, 0.5) is 5.69 Å². The minimum atomic E-state index is -0.148. The first kappa shape index (κ1) is 23.0. The molecule has 0 saturated carbocycles. The molecule has 2 N–H and O–H groups in total. The number of hydrogen-bond donors (Lipinski definition) is 2. The molecule has 1 atom stereocenters. The normalized spacial score (nSPS) is 16.7. The smallest absolute Gasteiger partial charge is 0.248 e. The number of hydrogen-bond acceptors (Lipinski definition) is 3. The topological polar surface area (TPSA) is 52.6 Å². The molecular weight excluding hydrogens is 408 g/mol. The van der Waals surface area contributed by atoms with Gasteiger partial charge in [0.25, 0.3) is 0 Å².